The van der Waals surface area contributed by atoms with E-state index in [2.05, 4.69) is 0 Å². The fourth-order valence-corrected chi connectivity index (χ4v) is 4.02. The van der Waals surface area contributed by atoms with Crippen LogP contribution in [0.4, 0.5) is 0 Å². The molecule has 22 heavy (non-hydrogen) atoms. The zero-order chi connectivity index (χ0) is 15.3. The van der Waals surface area contributed by atoms with Gasteiger partial charge in [0.25, 0.3) is 0 Å². The van der Waals surface area contributed by atoms with Gasteiger partial charge < -0.3 is 9.15 Å². The summed E-state index contributed by atoms with van der Waals surface area (Å²) >= 11 is 0. The third-order valence-corrected chi connectivity index (χ3v) is 4.89. The van der Waals surface area contributed by atoms with E-state index in [1.54, 1.807) is 0 Å². The number of methoxy groups -OCH3 is 1. The Labute approximate surface area is 127 Å². The SMILES string of the molecule is COC(=O)c1oc(=O)c(-c2ccccc2)c2c1C1CCC2C1. The first-order valence-electron chi connectivity index (χ1n) is 7.55. The molecule has 0 radical (unpaired) electrons. The monoisotopic (exact) mass is 296 g/mol. The number of benzene rings is 1. The van der Waals surface area contributed by atoms with Gasteiger partial charge in [-0.25, -0.2) is 9.59 Å². The minimum absolute atomic E-state index is 0.106. The second kappa shape index (κ2) is 4.83. The van der Waals surface area contributed by atoms with Crippen molar-refractivity contribution in [1.82, 2.24) is 0 Å². The lowest BCUT2D eigenvalue weighted by Crippen LogP contribution is -2.18. The van der Waals surface area contributed by atoms with Crippen LogP contribution in [0.1, 0.15) is 52.8 Å². The number of carbonyl (C=O) groups excluding carboxylic acids is 1. The number of hydrogen-bond donors (Lipinski definition) is 0. The largest absolute Gasteiger partial charge is 0.463 e. The lowest BCUT2D eigenvalue weighted by Gasteiger charge is -2.19. The Balaban J connectivity index is 2.03. The minimum atomic E-state index is -0.555. The Bertz CT molecular complexity index is 804. The summed E-state index contributed by atoms with van der Waals surface area (Å²) in [5.41, 5.74) is 2.95. The Kier molecular flexibility index (Phi) is 2.93. The number of ether oxygens (including phenoxy) is 1. The van der Waals surface area contributed by atoms with Crippen LogP contribution in [-0.4, -0.2) is 13.1 Å². The predicted molar refractivity (Wildman–Crippen MR) is 81.1 cm³/mol. The fraction of sp³-hybridized carbons (Fsp3) is 0.333. The first-order valence-corrected chi connectivity index (χ1v) is 7.55. The molecule has 1 fully saturated rings. The van der Waals surface area contributed by atoms with Gasteiger partial charge in [0.05, 0.1) is 12.7 Å². The zero-order valence-corrected chi connectivity index (χ0v) is 12.3. The number of hydrogen-bond acceptors (Lipinski definition) is 4. The summed E-state index contributed by atoms with van der Waals surface area (Å²) in [4.78, 5) is 24.5. The summed E-state index contributed by atoms with van der Waals surface area (Å²) in [6, 6.07) is 9.55. The molecule has 1 saturated carbocycles. The topological polar surface area (TPSA) is 56.5 Å². The maximum Gasteiger partial charge on any atom is 0.374 e. The summed E-state index contributed by atoms with van der Waals surface area (Å²) in [7, 11) is 1.31. The van der Waals surface area contributed by atoms with Gasteiger partial charge in [-0.15, -0.1) is 0 Å². The molecule has 0 N–H and O–H groups in total. The van der Waals surface area contributed by atoms with Crippen LogP contribution in [0, 0.1) is 0 Å². The second-order valence-corrected chi connectivity index (χ2v) is 5.99. The highest BCUT2D eigenvalue weighted by Gasteiger charge is 2.43. The molecule has 1 aromatic carbocycles. The van der Waals surface area contributed by atoms with E-state index < -0.39 is 11.6 Å². The number of rotatable bonds is 2. The Morgan fingerprint density at radius 3 is 2.50 bits per heavy atom. The standard InChI is InChI=1S/C18H16O4/c1-21-18(20)16-14-12-8-7-11(9-12)13(14)15(17(19)22-16)10-5-3-2-4-6-10/h2-6,11-12H,7-9H2,1H3. The van der Waals surface area contributed by atoms with Crippen LogP contribution in [0.5, 0.6) is 0 Å². The average molecular weight is 296 g/mol. The lowest BCUT2D eigenvalue weighted by molar-refractivity contribution is 0.0556. The van der Waals surface area contributed by atoms with Gasteiger partial charge in [-0.05, 0) is 42.2 Å². The van der Waals surface area contributed by atoms with Gasteiger partial charge in [0.1, 0.15) is 0 Å². The van der Waals surface area contributed by atoms with Crippen molar-refractivity contribution < 1.29 is 13.9 Å². The van der Waals surface area contributed by atoms with E-state index in [1.165, 1.54) is 7.11 Å². The van der Waals surface area contributed by atoms with Crippen molar-refractivity contribution >= 4 is 5.97 Å². The van der Waals surface area contributed by atoms with Crippen LogP contribution >= 0.6 is 0 Å². The van der Waals surface area contributed by atoms with Crippen LogP contribution in [0.2, 0.25) is 0 Å². The molecular weight excluding hydrogens is 280 g/mol. The molecule has 4 nitrogen and oxygen atoms in total. The Hall–Kier alpha value is -2.36. The molecule has 2 atom stereocenters. The van der Waals surface area contributed by atoms with E-state index in [9.17, 15) is 9.59 Å². The summed E-state index contributed by atoms with van der Waals surface area (Å²) < 4.78 is 10.2. The predicted octanol–water partition coefficient (Wildman–Crippen LogP) is 3.46. The molecule has 2 aromatic rings. The average Bonchev–Trinajstić information content (AvgIpc) is 3.16. The maximum atomic E-state index is 12.5. The summed E-state index contributed by atoms with van der Waals surface area (Å²) in [6.07, 6.45) is 3.11. The quantitative estimate of drug-likeness (QED) is 0.796. The maximum absolute atomic E-state index is 12.5. The van der Waals surface area contributed by atoms with E-state index in [-0.39, 0.29) is 5.76 Å². The molecule has 0 aliphatic heterocycles. The highest BCUT2D eigenvalue weighted by Crippen LogP contribution is 2.56. The van der Waals surface area contributed by atoms with Crippen LogP contribution in [0.15, 0.2) is 39.5 Å². The molecule has 0 spiro atoms. The van der Waals surface area contributed by atoms with E-state index >= 15 is 0 Å². The molecule has 2 aliphatic carbocycles. The van der Waals surface area contributed by atoms with E-state index in [0.717, 1.165) is 36.0 Å². The Morgan fingerprint density at radius 1 is 1.14 bits per heavy atom. The molecular formula is C18H16O4. The van der Waals surface area contributed by atoms with Crippen LogP contribution in [-0.2, 0) is 4.74 Å². The summed E-state index contributed by atoms with van der Waals surface area (Å²) in [5, 5.41) is 0. The van der Waals surface area contributed by atoms with Gasteiger partial charge in [0.2, 0.25) is 5.76 Å². The molecule has 4 rings (SSSR count). The highest BCUT2D eigenvalue weighted by atomic mass is 16.5. The third-order valence-electron chi connectivity index (χ3n) is 4.89. The van der Waals surface area contributed by atoms with Crippen molar-refractivity contribution in [3.8, 4) is 11.1 Å². The molecule has 0 saturated heterocycles. The van der Waals surface area contributed by atoms with E-state index in [1.807, 2.05) is 30.3 Å². The van der Waals surface area contributed by atoms with Crippen molar-refractivity contribution in [2.75, 3.05) is 7.11 Å². The number of esters is 1. The second-order valence-electron chi connectivity index (χ2n) is 5.99. The lowest BCUT2D eigenvalue weighted by atomic mass is 9.86. The molecule has 2 bridgehead atoms. The molecule has 1 heterocycles. The summed E-state index contributed by atoms with van der Waals surface area (Å²) in [5.74, 6) is 0.207. The van der Waals surface area contributed by atoms with Crippen molar-refractivity contribution in [3.05, 3.63) is 57.6 Å². The number of carbonyl (C=O) groups is 1. The van der Waals surface area contributed by atoms with Crippen LogP contribution in [0.3, 0.4) is 0 Å². The molecule has 2 aliphatic rings. The van der Waals surface area contributed by atoms with Gasteiger partial charge in [-0.1, -0.05) is 30.3 Å². The van der Waals surface area contributed by atoms with Gasteiger partial charge in [-0.3, -0.25) is 0 Å². The van der Waals surface area contributed by atoms with E-state index in [4.69, 9.17) is 9.15 Å². The van der Waals surface area contributed by atoms with Gasteiger partial charge in [0, 0.05) is 5.56 Å². The number of fused-ring (bicyclic) bond motifs is 5. The molecule has 1 aromatic heterocycles. The van der Waals surface area contributed by atoms with Crippen molar-refractivity contribution in [2.24, 2.45) is 0 Å². The van der Waals surface area contributed by atoms with Gasteiger partial charge in [0.15, 0.2) is 0 Å². The first kappa shape index (κ1) is 13.3. The highest BCUT2D eigenvalue weighted by molar-refractivity contribution is 5.90. The summed E-state index contributed by atoms with van der Waals surface area (Å²) in [6.45, 7) is 0. The molecule has 4 heteroatoms. The van der Waals surface area contributed by atoms with Gasteiger partial charge in [-0.2, -0.15) is 0 Å². The van der Waals surface area contributed by atoms with Crippen molar-refractivity contribution in [2.45, 2.75) is 31.1 Å². The van der Waals surface area contributed by atoms with Gasteiger partial charge >= 0.3 is 11.6 Å². The third kappa shape index (κ3) is 1.76. The zero-order valence-electron chi connectivity index (χ0n) is 12.3. The normalized spacial score (nSPS) is 21.7. The minimum Gasteiger partial charge on any atom is -0.463 e. The van der Waals surface area contributed by atoms with Crippen LogP contribution in [0.25, 0.3) is 11.1 Å². The van der Waals surface area contributed by atoms with Crippen molar-refractivity contribution in [1.29, 1.82) is 0 Å². The molecule has 112 valence electrons. The molecule has 0 amide bonds. The van der Waals surface area contributed by atoms with Crippen LogP contribution < -0.4 is 5.63 Å². The first-order chi connectivity index (χ1) is 10.7. The smallest absolute Gasteiger partial charge is 0.374 e. The van der Waals surface area contributed by atoms with E-state index in [0.29, 0.717) is 17.4 Å². The van der Waals surface area contributed by atoms with Crippen molar-refractivity contribution in [3.63, 3.8) is 0 Å². The fourth-order valence-electron chi connectivity index (χ4n) is 4.02. The Morgan fingerprint density at radius 2 is 1.82 bits per heavy atom. The molecule has 2 unspecified atom stereocenters.